The summed E-state index contributed by atoms with van der Waals surface area (Å²) in [6, 6.07) is 3.64. The second kappa shape index (κ2) is 5.71. The number of anilines is 1. The van der Waals surface area contributed by atoms with Gasteiger partial charge in [-0.05, 0) is 24.6 Å². The Hall–Kier alpha value is -2.08. The molecule has 100 valence electrons. The standard InChI is InChI=1S/C12H13ClN4O2/c1-2-14-10-5-8(3-4-15-10)6-17-7-9(13)11(18)16-12(17)19/h3-5,7H,2,6H2,1H3,(H,14,15)(H,16,18,19). The minimum absolute atomic E-state index is 0.0134. The highest BCUT2D eigenvalue weighted by molar-refractivity contribution is 6.30. The number of H-pyrrole nitrogens is 1. The van der Waals surface area contributed by atoms with Gasteiger partial charge in [0.05, 0.1) is 6.54 Å². The largest absolute Gasteiger partial charge is 0.370 e. The quantitative estimate of drug-likeness (QED) is 0.878. The molecule has 2 aromatic heterocycles. The second-order valence-corrected chi connectivity index (χ2v) is 4.35. The van der Waals surface area contributed by atoms with Crippen LogP contribution in [-0.2, 0) is 6.54 Å². The van der Waals surface area contributed by atoms with E-state index in [4.69, 9.17) is 11.6 Å². The molecule has 0 spiro atoms. The van der Waals surface area contributed by atoms with Crippen molar-refractivity contribution in [2.75, 3.05) is 11.9 Å². The van der Waals surface area contributed by atoms with Crippen molar-refractivity contribution in [1.82, 2.24) is 14.5 Å². The lowest BCUT2D eigenvalue weighted by atomic mass is 10.2. The molecule has 0 aromatic carbocycles. The van der Waals surface area contributed by atoms with E-state index in [1.165, 1.54) is 10.8 Å². The molecule has 0 atom stereocenters. The lowest BCUT2D eigenvalue weighted by Gasteiger charge is -2.07. The second-order valence-electron chi connectivity index (χ2n) is 3.94. The molecular weight excluding hydrogens is 268 g/mol. The summed E-state index contributed by atoms with van der Waals surface area (Å²) >= 11 is 5.70. The number of aromatic amines is 1. The van der Waals surface area contributed by atoms with Crippen molar-refractivity contribution in [3.8, 4) is 0 Å². The van der Waals surface area contributed by atoms with E-state index < -0.39 is 11.2 Å². The molecule has 6 nitrogen and oxygen atoms in total. The van der Waals surface area contributed by atoms with Crippen LogP contribution in [0.4, 0.5) is 5.82 Å². The number of halogens is 1. The first-order valence-corrected chi connectivity index (χ1v) is 6.16. The lowest BCUT2D eigenvalue weighted by Crippen LogP contribution is -2.29. The first-order valence-electron chi connectivity index (χ1n) is 5.78. The third kappa shape index (κ3) is 3.23. The third-order valence-corrected chi connectivity index (χ3v) is 2.77. The zero-order chi connectivity index (χ0) is 13.8. The molecule has 0 aliphatic carbocycles. The third-order valence-electron chi connectivity index (χ3n) is 2.50. The molecule has 2 rings (SSSR count). The molecule has 0 saturated heterocycles. The lowest BCUT2D eigenvalue weighted by molar-refractivity contribution is 0.720. The van der Waals surface area contributed by atoms with Gasteiger partial charge in [0.15, 0.2) is 0 Å². The maximum Gasteiger partial charge on any atom is 0.328 e. The number of hydrogen-bond donors (Lipinski definition) is 2. The van der Waals surface area contributed by atoms with Gasteiger partial charge in [0.2, 0.25) is 0 Å². The van der Waals surface area contributed by atoms with Crippen LogP contribution in [0.1, 0.15) is 12.5 Å². The van der Waals surface area contributed by atoms with E-state index in [2.05, 4.69) is 15.3 Å². The fourth-order valence-corrected chi connectivity index (χ4v) is 1.81. The van der Waals surface area contributed by atoms with Gasteiger partial charge in [0, 0.05) is 18.9 Å². The summed E-state index contributed by atoms with van der Waals surface area (Å²) in [6.07, 6.45) is 2.99. The van der Waals surface area contributed by atoms with Crippen LogP contribution in [0.2, 0.25) is 5.02 Å². The van der Waals surface area contributed by atoms with Crippen LogP contribution in [-0.4, -0.2) is 21.1 Å². The predicted molar refractivity (Wildman–Crippen MR) is 73.8 cm³/mol. The van der Waals surface area contributed by atoms with E-state index >= 15 is 0 Å². The van der Waals surface area contributed by atoms with Gasteiger partial charge >= 0.3 is 5.69 Å². The van der Waals surface area contributed by atoms with Gasteiger partial charge < -0.3 is 5.32 Å². The van der Waals surface area contributed by atoms with Crippen molar-refractivity contribution < 1.29 is 0 Å². The highest BCUT2D eigenvalue weighted by atomic mass is 35.5. The highest BCUT2D eigenvalue weighted by Crippen LogP contribution is 2.08. The Balaban J connectivity index is 2.31. The molecule has 2 aromatic rings. The van der Waals surface area contributed by atoms with Crippen LogP contribution in [0.15, 0.2) is 34.1 Å². The van der Waals surface area contributed by atoms with Crippen molar-refractivity contribution >= 4 is 17.4 Å². The first-order chi connectivity index (χ1) is 9.10. The Morgan fingerprint density at radius 1 is 1.47 bits per heavy atom. The monoisotopic (exact) mass is 280 g/mol. The molecule has 0 amide bonds. The molecule has 7 heteroatoms. The van der Waals surface area contributed by atoms with Crippen LogP contribution in [0.5, 0.6) is 0 Å². The van der Waals surface area contributed by atoms with Crippen molar-refractivity contribution in [2.45, 2.75) is 13.5 Å². The molecule has 0 fully saturated rings. The van der Waals surface area contributed by atoms with Crippen molar-refractivity contribution in [2.24, 2.45) is 0 Å². The Morgan fingerprint density at radius 3 is 3.00 bits per heavy atom. The van der Waals surface area contributed by atoms with Crippen LogP contribution in [0, 0.1) is 0 Å². The normalized spacial score (nSPS) is 10.4. The molecular formula is C12H13ClN4O2. The molecule has 2 N–H and O–H groups in total. The van der Waals surface area contributed by atoms with Crippen molar-refractivity contribution in [3.05, 3.63) is 56.0 Å². The van der Waals surface area contributed by atoms with Crippen LogP contribution in [0.25, 0.3) is 0 Å². The fourth-order valence-electron chi connectivity index (χ4n) is 1.65. The number of aromatic nitrogens is 3. The summed E-state index contributed by atoms with van der Waals surface area (Å²) in [5.41, 5.74) is -0.182. The van der Waals surface area contributed by atoms with Gasteiger partial charge in [-0.2, -0.15) is 0 Å². The predicted octanol–water partition coefficient (Wildman–Crippen LogP) is 1.07. The molecule has 0 unspecified atom stereocenters. The average Bonchev–Trinajstić information content (AvgIpc) is 2.37. The summed E-state index contributed by atoms with van der Waals surface area (Å²) in [7, 11) is 0. The van der Waals surface area contributed by atoms with E-state index in [1.807, 2.05) is 13.0 Å². The number of rotatable bonds is 4. The van der Waals surface area contributed by atoms with Gasteiger partial charge in [-0.3, -0.25) is 14.3 Å². The summed E-state index contributed by atoms with van der Waals surface area (Å²) in [4.78, 5) is 29.1. The van der Waals surface area contributed by atoms with E-state index in [0.29, 0.717) is 6.54 Å². The SMILES string of the molecule is CCNc1cc(Cn2cc(Cl)c(=O)[nH]c2=O)ccn1. The topological polar surface area (TPSA) is 79.8 Å². The molecule has 2 heterocycles. The van der Waals surface area contributed by atoms with E-state index in [9.17, 15) is 9.59 Å². The van der Waals surface area contributed by atoms with E-state index in [-0.39, 0.29) is 5.02 Å². The molecule has 0 saturated carbocycles. The maximum absolute atomic E-state index is 11.6. The van der Waals surface area contributed by atoms with E-state index in [1.54, 1.807) is 12.3 Å². The zero-order valence-electron chi connectivity index (χ0n) is 10.3. The van der Waals surface area contributed by atoms with Crippen LogP contribution >= 0.6 is 11.6 Å². The maximum atomic E-state index is 11.6. The molecule has 19 heavy (non-hydrogen) atoms. The number of pyridine rings is 1. The molecule has 0 aliphatic heterocycles. The number of nitrogens with one attached hydrogen (secondary N) is 2. The highest BCUT2D eigenvalue weighted by Gasteiger charge is 2.04. The Kier molecular flexibility index (Phi) is 4.01. The number of hydrogen-bond acceptors (Lipinski definition) is 4. The summed E-state index contributed by atoms with van der Waals surface area (Å²) in [6.45, 7) is 3.05. The van der Waals surface area contributed by atoms with Crippen LogP contribution in [0.3, 0.4) is 0 Å². The van der Waals surface area contributed by atoms with Gasteiger partial charge in [0.25, 0.3) is 5.56 Å². The van der Waals surface area contributed by atoms with Gasteiger partial charge in [0.1, 0.15) is 10.8 Å². The Labute approximate surface area is 114 Å². The van der Waals surface area contributed by atoms with Gasteiger partial charge in [-0.15, -0.1) is 0 Å². The smallest absolute Gasteiger partial charge is 0.328 e. The number of nitrogens with zero attached hydrogens (tertiary/aromatic N) is 2. The van der Waals surface area contributed by atoms with Gasteiger partial charge in [-0.1, -0.05) is 11.6 Å². The summed E-state index contributed by atoms with van der Waals surface area (Å²) < 4.78 is 1.34. The van der Waals surface area contributed by atoms with Crippen LogP contribution < -0.4 is 16.6 Å². The van der Waals surface area contributed by atoms with E-state index in [0.717, 1.165) is 17.9 Å². The van der Waals surface area contributed by atoms with Gasteiger partial charge in [-0.25, -0.2) is 9.78 Å². The first kappa shape index (κ1) is 13.4. The molecule has 0 aliphatic rings. The fraction of sp³-hybridized carbons (Fsp3) is 0.250. The average molecular weight is 281 g/mol. The van der Waals surface area contributed by atoms with Crippen molar-refractivity contribution in [3.63, 3.8) is 0 Å². The zero-order valence-corrected chi connectivity index (χ0v) is 11.1. The summed E-state index contributed by atoms with van der Waals surface area (Å²) in [5.74, 6) is 0.739. The minimum Gasteiger partial charge on any atom is -0.370 e. The molecule has 0 radical (unpaired) electrons. The Morgan fingerprint density at radius 2 is 2.26 bits per heavy atom. The molecule has 0 bridgehead atoms. The van der Waals surface area contributed by atoms with Crippen molar-refractivity contribution in [1.29, 1.82) is 0 Å². The summed E-state index contributed by atoms with van der Waals surface area (Å²) in [5, 5.41) is 3.07. The minimum atomic E-state index is -0.578. The Bertz CT molecular complexity index is 693.